The van der Waals surface area contributed by atoms with Gasteiger partial charge in [0, 0.05) is 18.1 Å². The molecule has 1 aromatic carbocycles. The van der Waals surface area contributed by atoms with Crippen LogP contribution in [0.1, 0.15) is 0 Å². The van der Waals surface area contributed by atoms with E-state index in [0.29, 0.717) is 5.69 Å². The lowest BCUT2D eigenvalue weighted by Crippen LogP contribution is -1.86. The van der Waals surface area contributed by atoms with Gasteiger partial charge in [-0.05, 0) is 18.2 Å². The van der Waals surface area contributed by atoms with Crippen molar-refractivity contribution in [2.75, 3.05) is 5.73 Å². The first-order valence-electron chi connectivity index (χ1n) is 5.84. The van der Waals surface area contributed by atoms with Crippen molar-refractivity contribution in [1.29, 1.82) is 0 Å². The van der Waals surface area contributed by atoms with E-state index in [1.807, 2.05) is 18.2 Å². The number of hydrogen-bond acceptors (Lipinski definition) is 4. The molecular formula is C13H10N6. The van der Waals surface area contributed by atoms with E-state index in [1.54, 1.807) is 29.3 Å². The maximum atomic E-state index is 5.77. The van der Waals surface area contributed by atoms with E-state index in [2.05, 4.69) is 20.1 Å². The Morgan fingerprint density at radius 3 is 3.11 bits per heavy atom. The normalized spacial score (nSPS) is 11.4. The van der Waals surface area contributed by atoms with Gasteiger partial charge in [0.25, 0.3) is 0 Å². The standard InChI is InChI=1S/C13H10N6/c14-8-1-2-10-11(5-8)18-13(17-10)9-6-16-19-4-3-15-7-12(9)19/h1-7H,14H2,(H,17,18). The lowest BCUT2D eigenvalue weighted by atomic mass is 10.3. The molecule has 6 heteroatoms. The molecule has 0 unspecified atom stereocenters. The molecule has 0 aliphatic heterocycles. The fraction of sp³-hybridized carbons (Fsp3) is 0. The number of benzene rings is 1. The molecule has 0 spiro atoms. The molecule has 6 nitrogen and oxygen atoms in total. The number of H-pyrrole nitrogens is 1. The van der Waals surface area contributed by atoms with Crippen molar-refractivity contribution >= 4 is 22.2 Å². The molecule has 0 fully saturated rings. The third-order valence-electron chi connectivity index (χ3n) is 3.09. The highest BCUT2D eigenvalue weighted by Crippen LogP contribution is 2.24. The van der Waals surface area contributed by atoms with Gasteiger partial charge in [0.2, 0.25) is 0 Å². The summed E-state index contributed by atoms with van der Waals surface area (Å²) >= 11 is 0. The highest BCUT2D eigenvalue weighted by Gasteiger charge is 2.11. The smallest absolute Gasteiger partial charge is 0.142 e. The van der Waals surface area contributed by atoms with Gasteiger partial charge in [0.1, 0.15) is 5.82 Å². The largest absolute Gasteiger partial charge is 0.399 e. The second kappa shape index (κ2) is 3.55. The van der Waals surface area contributed by atoms with E-state index in [4.69, 9.17) is 5.73 Å². The van der Waals surface area contributed by atoms with Crippen molar-refractivity contribution in [3.05, 3.63) is 43.0 Å². The molecule has 19 heavy (non-hydrogen) atoms. The third kappa shape index (κ3) is 1.46. The van der Waals surface area contributed by atoms with Crippen molar-refractivity contribution in [3.8, 4) is 11.4 Å². The van der Waals surface area contributed by atoms with E-state index >= 15 is 0 Å². The summed E-state index contributed by atoms with van der Waals surface area (Å²) in [6.45, 7) is 0. The predicted molar refractivity (Wildman–Crippen MR) is 72.5 cm³/mol. The predicted octanol–water partition coefficient (Wildman–Crippen LogP) is 1.85. The summed E-state index contributed by atoms with van der Waals surface area (Å²) in [6, 6.07) is 5.61. The van der Waals surface area contributed by atoms with Crippen LogP contribution in [-0.4, -0.2) is 24.6 Å². The Labute approximate surface area is 107 Å². The Kier molecular flexibility index (Phi) is 1.88. The van der Waals surface area contributed by atoms with Crippen LogP contribution in [0.3, 0.4) is 0 Å². The lowest BCUT2D eigenvalue weighted by molar-refractivity contribution is 0.946. The molecule has 0 aliphatic carbocycles. The molecule has 0 atom stereocenters. The van der Waals surface area contributed by atoms with Crippen molar-refractivity contribution in [2.24, 2.45) is 0 Å². The summed E-state index contributed by atoms with van der Waals surface area (Å²) in [5.41, 5.74) is 10.1. The van der Waals surface area contributed by atoms with Gasteiger partial charge in [-0.15, -0.1) is 0 Å². The van der Waals surface area contributed by atoms with E-state index in [-0.39, 0.29) is 0 Å². The fourth-order valence-corrected chi connectivity index (χ4v) is 2.17. The zero-order valence-corrected chi connectivity index (χ0v) is 9.91. The summed E-state index contributed by atoms with van der Waals surface area (Å²) in [4.78, 5) is 11.9. The lowest BCUT2D eigenvalue weighted by Gasteiger charge is -1.93. The molecule has 4 aromatic rings. The van der Waals surface area contributed by atoms with Gasteiger partial charge >= 0.3 is 0 Å². The Bertz CT molecular complexity index is 888. The number of anilines is 1. The van der Waals surface area contributed by atoms with Gasteiger partial charge in [-0.2, -0.15) is 5.10 Å². The summed E-state index contributed by atoms with van der Waals surface area (Å²) in [7, 11) is 0. The van der Waals surface area contributed by atoms with Crippen LogP contribution in [0.5, 0.6) is 0 Å². The number of aromatic nitrogens is 5. The summed E-state index contributed by atoms with van der Waals surface area (Å²) in [6.07, 6.45) is 7.05. The molecule has 0 saturated carbocycles. The minimum atomic E-state index is 0.712. The molecule has 3 N–H and O–H groups in total. The van der Waals surface area contributed by atoms with Crippen LogP contribution in [0.2, 0.25) is 0 Å². The first kappa shape index (κ1) is 10.1. The quantitative estimate of drug-likeness (QED) is 0.505. The average molecular weight is 250 g/mol. The third-order valence-corrected chi connectivity index (χ3v) is 3.09. The number of nitrogens with two attached hydrogens (primary N) is 1. The van der Waals surface area contributed by atoms with Crippen LogP contribution in [0.25, 0.3) is 27.9 Å². The topological polar surface area (TPSA) is 84.9 Å². The minimum Gasteiger partial charge on any atom is -0.399 e. The summed E-state index contributed by atoms with van der Waals surface area (Å²) < 4.78 is 1.77. The fourth-order valence-electron chi connectivity index (χ4n) is 2.17. The molecule has 0 bridgehead atoms. The number of aromatic amines is 1. The maximum Gasteiger partial charge on any atom is 0.142 e. The monoisotopic (exact) mass is 250 g/mol. The van der Waals surface area contributed by atoms with Crippen LogP contribution in [0.4, 0.5) is 5.69 Å². The molecule has 3 aromatic heterocycles. The molecule has 0 aliphatic rings. The molecular weight excluding hydrogens is 240 g/mol. The zero-order valence-electron chi connectivity index (χ0n) is 9.91. The Morgan fingerprint density at radius 2 is 2.16 bits per heavy atom. The van der Waals surface area contributed by atoms with Crippen molar-refractivity contribution in [1.82, 2.24) is 24.6 Å². The van der Waals surface area contributed by atoms with Gasteiger partial charge < -0.3 is 10.7 Å². The van der Waals surface area contributed by atoms with Crippen LogP contribution in [-0.2, 0) is 0 Å². The van der Waals surface area contributed by atoms with Gasteiger partial charge in [-0.3, -0.25) is 4.98 Å². The van der Waals surface area contributed by atoms with E-state index < -0.39 is 0 Å². The Hall–Kier alpha value is -2.89. The number of nitrogens with one attached hydrogen (secondary N) is 1. The van der Waals surface area contributed by atoms with E-state index in [0.717, 1.165) is 27.9 Å². The average Bonchev–Trinajstić information content (AvgIpc) is 3.00. The molecule has 0 amide bonds. The highest BCUT2D eigenvalue weighted by molar-refractivity contribution is 5.85. The van der Waals surface area contributed by atoms with Gasteiger partial charge in [-0.1, -0.05) is 0 Å². The van der Waals surface area contributed by atoms with Crippen LogP contribution in [0, 0.1) is 0 Å². The summed E-state index contributed by atoms with van der Waals surface area (Å²) in [5.74, 6) is 0.767. The number of rotatable bonds is 1. The number of hydrogen-bond donors (Lipinski definition) is 2. The number of imidazole rings is 1. The number of fused-ring (bicyclic) bond motifs is 2. The van der Waals surface area contributed by atoms with Gasteiger partial charge in [-0.25, -0.2) is 9.50 Å². The molecule has 4 rings (SSSR count). The van der Waals surface area contributed by atoms with Crippen LogP contribution in [0.15, 0.2) is 43.0 Å². The second-order valence-electron chi connectivity index (χ2n) is 4.33. The van der Waals surface area contributed by atoms with Crippen LogP contribution >= 0.6 is 0 Å². The van der Waals surface area contributed by atoms with Gasteiger partial charge in [0.05, 0.1) is 34.5 Å². The minimum absolute atomic E-state index is 0.712. The van der Waals surface area contributed by atoms with Crippen molar-refractivity contribution < 1.29 is 0 Å². The van der Waals surface area contributed by atoms with E-state index in [1.165, 1.54) is 0 Å². The zero-order chi connectivity index (χ0) is 12.8. The second-order valence-corrected chi connectivity index (χ2v) is 4.33. The Morgan fingerprint density at radius 1 is 1.21 bits per heavy atom. The number of nitrogen functional groups attached to an aromatic ring is 1. The Balaban J connectivity index is 1.99. The maximum absolute atomic E-state index is 5.77. The van der Waals surface area contributed by atoms with Crippen molar-refractivity contribution in [2.45, 2.75) is 0 Å². The summed E-state index contributed by atoms with van der Waals surface area (Å²) in [5, 5.41) is 4.27. The first-order chi connectivity index (χ1) is 9.31. The van der Waals surface area contributed by atoms with Gasteiger partial charge in [0.15, 0.2) is 0 Å². The highest BCUT2D eigenvalue weighted by atomic mass is 15.2. The van der Waals surface area contributed by atoms with Crippen LogP contribution < -0.4 is 5.73 Å². The first-order valence-corrected chi connectivity index (χ1v) is 5.84. The SMILES string of the molecule is Nc1ccc2nc(-c3cnn4ccncc34)[nH]c2c1. The van der Waals surface area contributed by atoms with Crippen molar-refractivity contribution in [3.63, 3.8) is 0 Å². The molecule has 92 valence electrons. The molecule has 3 heterocycles. The number of nitrogens with zero attached hydrogens (tertiary/aromatic N) is 4. The van der Waals surface area contributed by atoms with E-state index in [9.17, 15) is 0 Å². The molecule has 0 radical (unpaired) electrons. The molecule has 0 saturated heterocycles.